The first kappa shape index (κ1) is 19.7. The van der Waals surface area contributed by atoms with E-state index in [4.69, 9.17) is 9.47 Å². The van der Waals surface area contributed by atoms with E-state index in [1.54, 1.807) is 50.7 Å². The molecule has 0 saturated heterocycles. The van der Waals surface area contributed by atoms with Crippen molar-refractivity contribution in [2.45, 2.75) is 32.1 Å². The molecule has 1 aromatic heterocycles. The number of nitrogens with one attached hydrogen (secondary N) is 2. The Hall–Kier alpha value is -3.02. The van der Waals surface area contributed by atoms with E-state index in [1.165, 1.54) is 31.3 Å². The Morgan fingerprint density at radius 1 is 1.11 bits per heavy atom. The highest BCUT2D eigenvalue weighted by atomic mass is 16.5. The second-order valence-electron chi connectivity index (χ2n) is 6.74. The van der Waals surface area contributed by atoms with E-state index >= 15 is 0 Å². The van der Waals surface area contributed by atoms with Gasteiger partial charge in [0.25, 0.3) is 5.91 Å². The number of allylic oxidation sites excluding steroid dienone is 1. The Morgan fingerprint density at radius 3 is 2.71 bits per heavy atom. The fourth-order valence-corrected chi connectivity index (χ4v) is 3.27. The number of pyridine rings is 1. The lowest BCUT2D eigenvalue weighted by Gasteiger charge is -2.13. The molecule has 2 N–H and O–H groups in total. The third-order valence-electron chi connectivity index (χ3n) is 4.80. The summed E-state index contributed by atoms with van der Waals surface area (Å²) in [6.07, 6.45) is 9.99. The van der Waals surface area contributed by atoms with Crippen LogP contribution in [-0.2, 0) is 0 Å². The van der Waals surface area contributed by atoms with Gasteiger partial charge in [-0.05, 0) is 56.4 Å². The van der Waals surface area contributed by atoms with E-state index in [0.29, 0.717) is 28.6 Å². The zero-order valence-corrected chi connectivity index (χ0v) is 16.5. The van der Waals surface area contributed by atoms with Gasteiger partial charge in [0.15, 0.2) is 11.5 Å². The number of amides is 1. The molecule has 0 bridgehead atoms. The molecule has 1 aliphatic carbocycles. The molecule has 28 heavy (non-hydrogen) atoms. The van der Waals surface area contributed by atoms with Crippen LogP contribution in [0.1, 0.15) is 42.5 Å². The summed E-state index contributed by atoms with van der Waals surface area (Å²) in [5.74, 6) is 1.68. The number of aromatic nitrogens is 1. The molecule has 0 fully saturated rings. The van der Waals surface area contributed by atoms with Crippen molar-refractivity contribution in [1.82, 2.24) is 4.98 Å². The minimum atomic E-state index is -0.201. The minimum Gasteiger partial charge on any atom is -0.493 e. The summed E-state index contributed by atoms with van der Waals surface area (Å²) in [5, 5.41) is 6.20. The van der Waals surface area contributed by atoms with Crippen molar-refractivity contribution < 1.29 is 14.3 Å². The second-order valence-corrected chi connectivity index (χ2v) is 6.74. The molecule has 0 unspecified atom stereocenters. The number of hydrogen-bond acceptors (Lipinski definition) is 5. The molecule has 2 aromatic rings. The monoisotopic (exact) mass is 381 g/mol. The maximum absolute atomic E-state index is 12.6. The van der Waals surface area contributed by atoms with Gasteiger partial charge in [-0.2, -0.15) is 0 Å². The van der Waals surface area contributed by atoms with Gasteiger partial charge in [-0.3, -0.25) is 4.79 Å². The molecule has 0 aliphatic heterocycles. The quantitative estimate of drug-likeness (QED) is 0.651. The average molecular weight is 381 g/mol. The summed E-state index contributed by atoms with van der Waals surface area (Å²) in [6, 6.07) is 8.73. The van der Waals surface area contributed by atoms with Gasteiger partial charge in [-0.25, -0.2) is 4.98 Å². The van der Waals surface area contributed by atoms with Crippen LogP contribution in [0.2, 0.25) is 0 Å². The highest BCUT2D eigenvalue weighted by Gasteiger charge is 2.10. The summed E-state index contributed by atoms with van der Waals surface area (Å²) in [6.45, 7) is 0.819. The zero-order valence-electron chi connectivity index (χ0n) is 16.5. The van der Waals surface area contributed by atoms with Crippen LogP contribution in [0, 0.1) is 0 Å². The molecule has 1 heterocycles. The lowest BCUT2D eigenvalue weighted by Crippen LogP contribution is -2.13. The topological polar surface area (TPSA) is 72.5 Å². The highest BCUT2D eigenvalue weighted by molar-refractivity contribution is 6.04. The van der Waals surface area contributed by atoms with Crippen LogP contribution >= 0.6 is 0 Å². The van der Waals surface area contributed by atoms with Crippen molar-refractivity contribution in [3.63, 3.8) is 0 Å². The number of benzene rings is 1. The molecule has 148 valence electrons. The van der Waals surface area contributed by atoms with Crippen molar-refractivity contribution >= 4 is 17.4 Å². The summed E-state index contributed by atoms with van der Waals surface area (Å²) in [7, 11) is 3.14. The summed E-state index contributed by atoms with van der Waals surface area (Å²) in [5.41, 5.74) is 2.70. The van der Waals surface area contributed by atoms with E-state index in [-0.39, 0.29) is 5.91 Å². The highest BCUT2D eigenvalue weighted by Crippen LogP contribution is 2.30. The SMILES string of the molecule is COc1ccc(NC(=O)c2ccnc(NCCC3=CCCCC3)c2)cc1OC. The Morgan fingerprint density at radius 2 is 1.96 bits per heavy atom. The Bertz CT molecular complexity index is 849. The minimum absolute atomic E-state index is 0.201. The Kier molecular flexibility index (Phi) is 6.89. The number of nitrogens with zero attached hydrogens (tertiary/aromatic N) is 1. The maximum Gasteiger partial charge on any atom is 0.255 e. The van der Waals surface area contributed by atoms with E-state index < -0.39 is 0 Å². The van der Waals surface area contributed by atoms with Crippen LogP contribution in [0.4, 0.5) is 11.5 Å². The van der Waals surface area contributed by atoms with Crippen molar-refractivity contribution in [3.05, 3.63) is 53.7 Å². The van der Waals surface area contributed by atoms with E-state index in [2.05, 4.69) is 21.7 Å². The lowest BCUT2D eigenvalue weighted by molar-refractivity contribution is 0.102. The van der Waals surface area contributed by atoms with Crippen LogP contribution in [0.3, 0.4) is 0 Å². The number of ether oxygens (including phenoxy) is 2. The number of anilines is 2. The number of rotatable bonds is 8. The Balaban J connectivity index is 1.59. The van der Waals surface area contributed by atoms with Crippen molar-refractivity contribution in [2.24, 2.45) is 0 Å². The first-order chi connectivity index (χ1) is 13.7. The third kappa shape index (κ3) is 5.25. The third-order valence-corrected chi connectivity index (χ3v) is 4.80. The lowest BCUT2D eigenvalue weighted by atomic mass is 9.97. The van der Waals surface area contributed by atoms with Gasteiger partial charge in [0.05, 0.1) is 14.2 Å². The fraction of sp³-hybridized carbons (Fsp3) is 0.364. The van der Waals surface area contributed by atoms with E-state index in [9.17, 15) is 4.79 Å². The van der Waals surface area contributed by atoms with Crippen LogP contribution < -0.4 is 20.1 Å². The molecular weight excluding hydrogens is 354 g/mol. The van der Waals surface area contributed by atoms with Gasteiger partial charge in [0.2, 0.25) is 0 Å². The van der Waals surface area contributed by atoms with Crippen LogP contribution in [-0.4, -0.2) is 31.7 Å². The molecule has 1 aliphatic rings. The number of hydrogen-bond donors (Lipinski definition) is 2. The first-order valence-electron chi connectivity index (χ1n) is 9.61. The molecule has 3 rings (SSSR count). The van der Waals surface area contributed by atoms with Gasteiger partial charge in [0.1, 0.15) is 5.82 Å². The van der Waals surface area contributed by atoms with Crippen molar-refractivity contribution in [2.75, 3.05) is 31.4 Å². The number of methoxy groups -OCH3 is 2. The molecule has 6 nitrogen and oxygen atoms in total. The molecule has 6 heteroatoms. The van der Waals surface area contributed by atoms with Gasteiger partial charge in [-0.15, -0.1) is 0 Å². The predicted octanol–water partition coefficient (Wildman–Crippen LogP) is 4.65. The van der Waals surface area contributed by atoms with Crippen molar-refractivity contribution in [3.8, 4) is 11.5 Å². The number of carbonyl (C=O) groups excluding carboxylic acids is 1. The van der Waals surface area contributed by atoms with Crippen LogP contribution in [0.15, 0.2) is 48.2 Å². The van der Waals surface area contributed by atoms with Gasteiger partial charge >= 0.3 is 0 Å². The van der Waals surface area contributed by atoms with Gasteiger partial charge in [-0.1, -0.05) is 11.6 Å². The predicted molar refractivity (Wildman–Crippen MR) is 111 cm³/mol. The zero-order chi connectivity index (χ0) is 19.8. The van der Waals surface area contributed by atoms with Crippen LogP contribution in [0.25, 0.3) is 0 Å². The molecule has 1 aromatic carbocycles. The summed E-state index contributed by atoms with van der Waals surface area (Å²) < 4.78 is 10.5. The van der Waals surface area contributed by atoms with Gasteiger partial charge in [0, 0.05) is 30.1 Å². The fourth-order valence-electron chi connectivity index (χ4n) is 3.27. The largest absolute Gasteiger partial charge is 0.493 e. The van der Waals surface area contributed by atoms with E-state index in [0.717, 1.165) is 13.0 Å². The first-order valence-corrected chi connectivity index (χ1v) is 9.61. The molecule has 1 amide bonds. The second kappa shape index (κ2) is 9.78. The molecule has 0 atom stereocenters. The molecular formula is C22H27N3O3. The standard InChI is InChI=1S/C22H27N3O3/c1-27-19-9-8-18(15-20(19)28-2)25-22(26)17-11-13-24-21(14-17)23-12-10-16-6-4-3-5-7-16/h6,8-9,11,13-15H,3-5,7,10,12H2,1-2H3,(H,23,24)(H,25,26). The number of carbonyl (C=O) groups is 1. The molecule has 0 spiro atoms. The normalized spacial score (nSPS) is 13.4. The van der Waals surface area contributed by atoms with Crippen molar-refractivity contribution in [1.29, 1.82) is 0 Å². The average Bonchev–Trinajstić information content (AvgIpc) is 2.74. The Labute approximate surface area is 166 Å². The van der Waals surface area contributed by atoms with E-state index in [1.807, 2.05) is 0 Å². The summed E-state index contributed by atoms with van der Waals surface area (Å²) in [4.78, 5) is 16.9. The smallest absolute Gasteiger partial charge is 0.255 e. The maximum atomic E-state index is 12.6. The van der Waals surface area contributed by atoms with Crippen LogP contribution in [0.5, 0.6) is 11.5 Å². The molecule has 0 saturated carbocycles. The summed E-state index contributed by atoms with van der Waals surface area (Å²) >= 11 is 0. The molecule has 0 radical (unpaired) electrons. The van der Waals surface area contributed by atoms with Gasteiger partial charge < -0.3 is 20.1 Å².